The second kappa shape index (κ2) is 9.56. The Hall–Kier alpha value is -1.88. The molecule has 0 spiro atoms. The molecule has 0 aromatic heterocycles. The number of benzene rings is 1. The van der Waals surface area contributed by atoms with Gasteiger partial charge in [-0.2, -0.15) is 0 Å². The standard InChI is InChI=1S/C15H22N2O7S/c1-21-4-5-22-8-9-25(19,20)16-11-15(18)17-12-2-3-13-14(10-12)24-7-6-23-13/h2-3,10,16H,4-9,11H2,1H3,(H,17,18). The molecule has 25 heavy (non-hydrogen) atoms. The molecule has 2 N–H and O–H groups in total. The van der Waals surface area contributed by atoms with E-state index in [2.05, 4.69) is 10.0 Å². The summed E-state index contributed by atoms with van der Waals surface area (Å²) in [7, 11) is -2.06. The number of carbonyl (C=O) groups is 1. The largest absolute Gasteiger partial charge is 0.486 e. The molecule has 2 rings (SSSR count). The fraction of sp³-hybridized carbons (Fsp3) is 0.533. The van der Waals surface area contributed by atoms with Crippen LogP contribution in [0.2, 0.25) is 0 Å². The number of methoxy groups -OCH3 is 1. The van der Waals surface area contributed by atoms with Gasteiger partial charge in [0.25, 0.3) is 0 Å². The van der Waals surface area contributed by atoms with E-state index in [0.29, 0.717) is 43.6 Å². The second-order valence-corrected chi connectivity index (χ2v) is 7.08. The molecule has 140 valence electrons. The molecular formula is C15H22N2O7S. The van der Waals surface area contributed by atoms with E-state index in [-0.39, 0.29) is 18.9 Å². The quantitative estimate of drug-likeness (QED) is 0.554. The van der Waals surface area contributed by atoms with Gasteiger partial charge in [-0.3, -0.25) is 4.79 Å². The molecule has 1 amide bonds. The molecule has 0 saturated carbocycles. The minimum Gasteiger partial charge on any atom is -0.486 e. The summed E-state index contributed by atoms with van der Waals surface area (Å²) < 4.78 is 46.5. The van der Waals surface area contributed by atoms with Gasteiger partial charge in [0.2, 0.25) is 15.9 Å². The van der Waals surface area contributed by atoms with Crippen LogP contribution in [0.4, 0.5) is 5.69 Å². The van der Waals surface area contributed by atoms with E-state index in [4.69, 9.17) is 18.9 Å². The van der Waals surface area contributed by atoms with E-state index >= 15 is 0 Å². The predicted molar refractivity (Wildman–Crippen MR) is 90.5 cm³/mol. The maximum absolute atomic E-state index is 11.9. The number of nitrogens with one attached hydrogen (secondary N) is 2. The molecule has 1 aromatic rings. The van der Waals surface area contributed by atoms with E-state index in [0.717, 1.165) is 0 Å². The van der Waals surface area contributed by atoms with Gasteiger partial charge in [-0.05, 0) is 12.1 Å². The Kier molecular flexibility index (Phi) is 7.44. The van der Waals surface area contributed by atoms with Crippen LogP contribution < -0.4 is 19.5 Å². The average molecular weight is 374 g/mol. The summed E-state index contributed by atoms with van der Waals surface area (Å²) in [4.78, 5) is 11.9. The first-order valence-corrected chi connectivity index (χ1v) is 9.39. The van der Waals surface area contributed by atoms with Crippen LogP contribution >= 0.6 is 0 Å². The second-order valence-electron chi connectivity index (χ2n) is 5.15. The number of sulfonamides is 1. The molecule has 9 nitrogen and oxygen atoms in total. The zero-order valence-corrected chi connectivity index (χ0v) is 14.8. The van der Waals surface area contributed by atoms with Crippen molar-refractivity contribution in [3.8, 4) is 11.5 Å². The molecule has 0 bridgehead atoms. The van der Waals surface area contributed by atoms with Crippen molar-refractivity contribution in [3.63, 3.8) is 0 Å². The van der Waals surface area contributed by atoms with E-state index in [1.165, 1.54) is 7.11 Å². The summed E-state index contributed by atoms with van der Waals surface area (Å²) >= 11 is 0. The highest BCUT2D eigenvalue weighted by Crippen LogP contribution is 2.32. The summed E-state index contributed by atoms with van der Waals surface area (Å²) in [5, 5.41) is 2.60. The van der Waals surface area contributed by atoms with Gasteiger partial charge in [0, 0.05) is 18.9 Å². The van der Waals surface area contributed by atoms with Gasteiger partial charge in [-0.1, -0.05) is 0 Å². The molecule has 1 aliphatic rings. The van der Waals surface area contributed by atoms with Crippen LogP contribution in [0.25, 0.3) is 0 Å². The third kappa shape index (κ3) is 6.86. The van der Waals surface area contributed by atoms with Crippen molar-refractivity contribution in [2.75, 3.05) is 57.8 Å². The Balaban J connectivity index is 1.74. The number of anilines is 1. The van der Waals surface area contributed by atoms with E-state index in [1.807, 2.05) is 0 Å². The topological polar surface area (TPSA) is 112 Å². The Morgan fingerprint density at radius 2 is 1.92 bits per heavy atom. The van der Waals surface area contributed by atoms with Crippen molar-refractivity contribution in [2.24, 2.45) is 0 Å². The lowest BCUT2D eigenvalue weighted by atomic mass is 10.2. The van der Waals surface area contributed by atoms with Crippen LogP contribution in [-0.2, 0) is 24.3 Å². The van der Waals surface area contributed by atoms with Crippen LogP contribution in [0.3, 0.4) is 0 Å². The molecule has 0 atom stereocenters. The van der Waals surface area contributed by atoms with Gasteiger partial charge in [-0.25, -0.2) is 13.1 Å². The maximum Gasteiger partial charge on any atom is 0.239 e. The van der Waals surface area contributed by atoms with Crippen molar-refractivity contribution in [2.45, 2.75) is 0 Å². The van der Waals surface area contributed by atoms with Crippen molar-refractivity contribution < 1.29 is 32.2 Å². The number of carbonyl (C=O) groups excluding carboxylic acids is 1. The van der Waals surface area contributed by atoms with E-state index < -0.39 is 15.9 Å². The molecule has 0 radical (unpaired) electrons. The van der Waals surface area contributed by atoms with E-state index in [1.54, 1.807) is 18.2 Å². The Morgan fingerprint density at radius 1 is 1.16 bits per heavy atom. The number of amides is 1. The van der Waals surface area contributed by atoms with Crippen molar-refractivity contribution in [1.82, 2.24) is 4.72 Å². The predicted octanol–water partition coefficient (Wildman–Crippen LogP) is -0.0213. The Morgan fingerprint density at radius 3 is 2.68 bits per heavy atom. The zero-order valence-electron chi connectivity index (χ0n) is 13.9. The lowest BCUT2D eigenvalue weighted by Crippen LogP contribution is -2.35. The van der Waals surface area contributed by atoms with E-state index in [9.17, 15) is 13.2 Å². The molecule has 1 heterocycles. The van der Waals surface area contributed by atoms with Gasteiger partial charge >= 0.3 is 0 Å². The average Bonchev–Trinajstić information content (AvgIpc) is 2.60. The lowest BCUT2D eigenvalue weighted by Gasteiger charge is -2.19. The maximum atomic E-state index is 11.9. The minimum absolute atomic E-state index is 0.0302. The smallest absolute Gasteiger partial charge is 0.239 e. The first-order valence-electron chi connectivity index (χ1n) is 7.74. The number of hydrogen-bond donors (Lipinski definition) is 2. The summed E-state index contributed by atoms with van der Waals surface area (Å²) in [5.41, 5.74) is 0.497. The molecule has 0 unspecified atom stereocenters. The highest BCUT2D eigenvalue weighted by Gasteiger charge is 2.15. The zero-order chi connectivity index (χ0) is 18.1. The number of ether oxygens (including phenoxy) is 4. The van der Waals surface area contributed by atoms with Crippen LogP contribution in [0, 0.1) is 0 Å². The summed E-state index contributed by atoms with van der Waals surface area (Å²) in [5.74, 6) is 0.436. The molecule has 1 aromatic carbocycles. The fourth-order valence-electron chi connectivity index (χ4n) is 1.99. The summed E-state index contributed by atoms with van der Waals surface area (Å²) in [6, 6.07) is 4.97. The van der Waals surface area contributed by atoms with Gasteiger partial charge < -0.3 is 24.3 Å². The molecule has 0 fully saturated rings. The third-order valence-electron chi connectivity index (χ3n) is 3.21. The molecule has 0 saturated heterocycles. The SMILES string of the molecule is COCCOCCS(=O)(=O)NCC(=O)Nc1ccc2c(c1)OCCO2. The van der Waals surface area contributed by atoms with Crippen molar-refractivity contribution in [3.05, 3.63) is 18.2 Å². The summed E-state index contributed by atoms with van der Waals surface area (Å²) in [6.45, 7) is 1.30. The molecule has 0 aliphatic carbocycles. The van der Waals surface area contributed by atoms with Gasteiger partial charge in [-0.15, -0.1) is 0 Å². The van der Waals surface area contributed by atoms with Gasteiger partial charge in [0.05, 0.1) is 32.1 Å². The number of rotatable bonds is 10. The first kappa shape index (κ1) is 19.4. The first-order chi connectivity index (χ1) is 12.0. The lowest BCUT2D eigenvalue weighted by molar-refractivity contribution is -0.115. The van der Waals surface area contributed by atoms with Crippen LogP contribution in [0.5, 0.6) is 11.5 Å². The normalized spacial score (nSPS) is 13.5. The minimum atomic E-state index is -3.59. The Labute approximate surface area is 146 Å². The van der Waals surface area contributed by atoms with Crippen LogP contribution in [0.1, 0.15) is 0 Å². The fourth-order valence-corrected chi connectivity index (χ4v) is 2.82. The van der Waals surface area contributed by atoms with Gasteiger partial charge in [0.1, 0.15) is 13.2 Å². The molecular weight excluding hydrogens is 352 g/mol. The highest BCUT2D eigenvalue weighted by molar-refractivity contribution is 7.89. The van der Waals surface area contributed by atoms with Crippen molar-refractivity contribution >= 4 is 21.6 Å². The van der Waals surface area contributed by atoms with Crippen molar-refractivity contribution in [1.29, 1.82) is 0 Å². The van der Waals surface area contributed by atoms with Gasteiger partial charge in [0.15, 0.2) is 11.5 Å². The Bertz CT molecular complexity index is 678. The number of fused-ring (bicyclic) bond motifs is 1. The third-order valence-corrected chi connectivity index (χ3v) is 4.50. The van der Waals surface area contributed by atoms with Crippen LogP contribution in [0.15, 0.2) is 18.2 Å². The summed E-state index contributed by atoms with van der Waals surface area (Å²) in [6.07, 6.45) is 0. The highest BCUT2D eigenvalue weighted by atomic mass is 32.2. The number of hydrogen-bond acceptors (Lipinski definition) is 7. The molecule has 10 heteroatoms. The monoisotopic (exact) mass is 374 g/mol. The van der Waals surface area contributed by atoms with Crippen LogP contribution in [-0.4, -0.2) is 66.8 Å². The molecule has 1 aliphatic heterocycles.